The van der Waals surface area contributed by atoms with Crippen LogP contribution in [0.2, 0.25) is 0 Å². The molecule has 0 aliphatic carbocycles. The number of ether oxygens (including phenoxy) is 1. The van der Waals surface area contributed by atoms with Crippen LogP contribution in [0.15, 0.2) is 42.6 Å². The van der Waals surface area contributed by atoms with Crippen LogP contribution in [-0.4, -0.2) is 22.4 Å². The first-order valence-corrected chi connectivity index (χ1v) is 9.01. The summed E-state index contributed by atoms with van der Waals surface area (Å²) in [6, 6.07) is 12.3. The molecule has 122 valence electrons. The van der Waals surface area contributed by atoms with Crippen molar-refractivity contribution in [3.05, 3.63) is 52.3 Å². The van der Waals surface area contributed by atoms with Gasteiger partial charge in [-0.25, -0.2) is 4.79 Å². The molecule has 2 aromatic heterocycles. The standard InChI is InChI=1S/C19H18N2O2S/c1-2-23-19(22)17-11-14-16(24-17)9-6-10-21-18(14)15(12-20-21)13-7-4-3-5-8-13/h3-5,7-8,11-12H,2,6,9-10H2,1H3. The van der Waals surface area contributed by atoms with Crippen LogP contribution < -0.4 is 0 Å². The fourth-order valence-corrected chi connectivity index (χ4v) is 4.27. The van der Waals surface area contributed by atoms with Gasteiger partial charge in [0.15, 0.2) is 0 Å². The van der Waals surface area contributed by atoms with Crippen molar-refractivity contribution in [2.75, 3.05) is 6.61 Å². The number of carbonyl (C=O) groups excluding carboxylic acids is 1. The Morgan fingerprint density at radius 2 is 2.12 bits per heavy atom. The fraction of sp³-hybridized carbons (Fsp3) is 0.263. The highest BCUT2D eigenvalue weighted by Gasteiger charge is 2.24. The lowest BCUT2D eigenvalue weighted by atomic mass is 10.0. The molecule has 4 nitrogen and oxygen atoms in total. The number of esters is 1. The molecule has 0 fully saturated rings. The minimum atomic E-state index is -0.233. The maximum Gasteiger partial charge on any atom is 0.348 e. The van der Waals surface area contributed by atoms with Crippen LogP contribution in [0.5, 0.6) is 0 Å². The van der Waals surface area contributed by atoms with Gasteiger partial charge in [0.25, 0.3) is 0 Å². The Morgan fingerprint density at radius 1 is 1.29 bits per heavy atom. The third kappa shape index (κ3) is 2.55. The fourth-order valence-electron chi connectivity index (χ4n) is 3.18. The molecule has 0 radical (unpaired) electrons. The van der Waals surface area contributed by atoms with E-state index in [-0.39, 0.29) is 5.97 Å². The summed E-state index contributed by atoms with van der Waals surface area (Å²) in [6.07, 6.45) is 3.93. The Labute approximate surface area is 144 Å². The SMILES string of the molecule is CCOC(=O)c1cc2c(s1)CCCn1ncc(-c3ccccc3)c1-2. The van der Waals surface area contributed by atoms with Crippen LogP contribution in [0.3, 0.4) is 0 Å². The highest BCUT2D eigenvalue weighted by Crippen LogP contribution is 2.40. The van der Waals surface area contributed by atoms with E-state index >= 15 is 0 Å². The molecule has 0 bridgehead atoms. The zero-order chi connectivity index (χ0) is 16.5. The maximum absolute atomic E-state index is 12.1. The predicted molar refractivity (Wildman–Crippen MR) is 95.3 cm³/mol. The molecule has 1 aromatic carbocycles. The average molecular weight is 338 g/mol. The number of thiophene rings is 1. The summed E-state index contributed by atoms with van der Waals surface area (Å²) in [5.41, 5.74) is 4.50. The van der Waals surface area contributed by atoms with E-state index in [1.54, 1.807) is 11.3 Å². The average Bonchev–Trinajstić information content (AvgIpc) is 3.17. The molecule has 0 unspecified atom stereocenters. The van der Waals surface area contributed by atoms with E-state index in [0.717, 1.165) is 41.8 Å². The van der Waals surface area contributed by atoms with Gasteiger partial charge in [0.05, 0.1) is 18.5 Å². The Balaban J connectivity index is 1.86. The summed E-state index contributed by atoms with van der Waals surface area (Å²) in [7, 11) is 0. The van der Waals surface area contributed by atoms with E-state index in [9.17, 15) is 4.79 Å². The lowest BCUT2D eigenvalue weighted by molar-refractivity contribution is 0.0532. The molecule has 0 spiro atoms. The van der Waals surface area contributed by atoms with Gasteiger partial charge in [-0.2, -0.15) is 5.10 Å². The summed E-state index contributed by atoms with van der Waals surface area (Å²) < 4.78 is 7.24. The molecule has 4 rings (SSSR count). The molecular formula is C19H18N2O2S. The Morgan fingerprint density at radius 3 is 2.92 bits per heavy atom. The van der Waals surface area contributed by atoms with Gasteiger partial charge in [-0.15, -0.1) is 11.3 Å². The molecular weight excluding hydrogens is 320 g/mol. The van der Waals surface area contributed by atoms with E-state index in [4.69, 9.17) is 4.74 Å². The highest BCUT2D eigenvalue weighted by molar-refractivity contribution is 7.14. The third-order valence-electron chi connectivity index (χ3n) is 4.24. The van der Waals surface area contributed by atoms with Gasteiger partial charge in [-0.05, 0) is 31.4 Å². The Kier molecular flexibility index (Phi) is 3.94. The maximum atomic E-state index is 12.1. The van der Waals surface area contributed by atoms with Crippen molar-refractivity contribution in [3.8, 4) is 22.4 Å². The highest BCUT2D eigenvalue weighted by atomic mass is 32.1. The Hall–Kier alpha value is -2.40. The molecule has 1 aliphatic rings. The zero-order valence-electron chi connectivity index (χ0n) is 13.5. The molecule has 5 heteroatoms. The van der Waals surface area contributed by atoms with E-state index in [0.29, 0.717) is 11.5 Å². The second-order valence-electron chi connectivity index (χ2n) is 5.77. The van der Waals surface area contributed by atoms with Gasteiger partial charge in [0.2, 0.25) is 0 Å². The number of nitrogens with zero attached hydrogens (tertiary/aromatic N) is 2. The molecule has 3 heterocycles. The van der Waals surface area contributed by atoms with E-state index in [2.05, 4.69) is 21.9 Å². The summed E-state index contributed by atoms with van der Waals surface area (Å²) >= 11 is 1.55. The van der Waals surface area contributed by atoms with Gasteiger partial charge in [0.1, 0.15) is 4.88 Å². The predicted octanol–water partition coefficient (Wildman–Crippen LogP) is 4.40. The molecule has 0 N–H and O–H groups in total. The molecule has 0 saturated heterocycles. The van der Waals surface area contributed by atoms with E-state index < -0.39 is 0 Å². The van der Waals surface area contributed by atoms with Crippen LogP contribution in [0, 0.1) is 0 Å². The van der Waals surface area contributed by atoms with Crippen molar-refractivity contribution in [1.29, 1.82) is 0 Å². The number of hydrogen-bond acceptors (Lipinski definition) is 4. The van der Waals surface area contributed by atoms with Gasteiger partial charge < -0.3 is 4.74 Å². The van der Waals surface area contributed by atoms with Crippen molar-refractivity contribution in [2.45, 2.75) is 26.3 Å². The second kappa shape index (κ2) is 6.24. The summed E-state index contributed by atoms with van der Waals surface area (Å²) in [5.74, 6) is -0.233. The van der Waals surface area contributed by atoms with Gasteiger partial charge in [-0.1, -0.05) is 30.3 Å². The van der Waals surface area contributed by atoms with Crippen LogP contribution >= 0.6 is 11.3 Å². The Bertz CT molecular complexity index is 880. The number of aromatic nitrogens is 2. The van der Waals surface area contributed by atoms with Crippen LogP contribution in [0.1, 0.15) is 27.9 Å². The van der Waals surface area contributed by atoms with Crippen molar-refractivity contribution in [1.82, 2.24) is 9.78 Å². The van der Waals surface area contributed by atoms with Crippen molar-refractivity contribution < 1.29 is 9.53 Å². The molecule has 0 amide bonds. The minimum Gasteiger partial charge on any atom is -0.462 e. The second-order valence-corrected chi connectivity index (χ2v) is 6.90. The van der Waals surface area contributed by atoms with Gasteiger partial charge in [-0.3, -0.25) is 4.68 Å². The summed E-state index contributed by atoms with van der Waals surface area (Å²) in [4.78, 5) is 14.0. The lowest BCUT2D eigenvalue weighted by Gasteiger charge is -2.06. The molecule has 3 aromatic rings. The van der Waals surface area contributed by atoms with E-state index in [1.807, 2.05) is 37.4 Å². The number of benzene rings is 1. The lowest BCUT2D eigenvalue weighted by Crippen LogP contribution is -2.02. The monoisotopic (exact) mass is 338 g/mol. The van der Waals surface area contributed by atoms with Crippen LogP contribution in [0.4, 0.5) is 0 Å². The quantitative estimate of drug-likeness (QED) is 0.665. The largest absolute Gasteiger partial charge is 0.462 e. The van der Waals surface area contributed by atoms with Crippen LogP contribution in [0.25, 0.3) is 22.4 Å². The van der Waals surface area contributed by atoms with Crippen molar-refractivity contribution >= 4 is 17.3 Å². The van der Waals surface area contributed by atoms with Gasteiger partial charge in [0, 0.05) is 22.5 Å². The number of rotatable bonds is 3. The minimum absolute atomic E-state index is 0.233. The number of carbonyl (C=O) groups is 1. The smallest absolute Gasteiger partial charge is 0.348 e. The van der Waals surface area contributed by atoms with Crippen molar-refractivity contribution in [3.63, 3.8) is 0 Å². The first kappa shape index (κ1) is 15.1. The number of fused-ring (bicyclic) bond motifs is 3. The molecule has 0 atom stereocenters. The number of aryl methyl sites for hydroxylation is 2. The van der Waals surface area contributed by atoms with Crippen LogP contribution in [-0.2, 0) is 17.7 Å². The zero-order valence-corrected chi connectivity index (χ0v) is 14.3. The summed E-state index contributed by atoms with van der Waals surface area (Å²) in [6.45, 7) is 3.13. The third-order valence-corrected chi connectivity index (χ3v) is 5.41. The first-order valence-electron chi connectivity index (χ1n) is 8.19. The molecule has 1 aliphatic heterocycles. The first-order chi connectivity index (χ1) is 11.8. The topological polar surface area (TPSA) is 44.1 Å². The number of hydrogen-bond donors (Lipinski definition) is 0. The normalized spacial score (nSPS) is 13.0. The molecule has 0 saturated carbocycles. The van der Waals surface area contributed by atoms with Gasteiger partial charge >= 0.3 is 5.97 Å². The van der Waals surface area contributed by atoms with Crippen molar-refractivity contribution in [2.24, 2.45) is 0 Å². The summed E-state index contributed by atoms with van der Waals surface area (Å²) in [5, 5.41) is 4.59. The van der Waals surface area contributed by atoms with E-state index in [1.165, 1.54) is 4.88 Å². The molecule has 24 heavy (non-hydrogen) atoms.